The highest BCUT2D eigenvalue weighted by Crippen LogP contribution is 2.52. The van der Waals surface area contributed by atoms with Crippen LogP contribution in [0.2, 0.25) is 0 Å². The topological polar surface area (TPSA) is 74.5 Å². The maximum atomic E-state index is 6.63. The Morgan fingerprint density at radius 2 is 2.17 bits per heavy atom. The van der Waals surface area contributed by atoms with Crippen LogP contribution >= 0.6 is 0 Å². The quantitative estimate of drug-likeness (QED) is 0.944. The van der Waals surface area contributed by atoms with Gasteiger partial charge in [-0.25, -0.2) is 4.68 Å². The van der Waals surface area contributed by atoms with E-state index in [2.05, 4.69) is 21.6 Å². The molecule has 3 saturated carbocycles. The van der Waals surface area contributed by atoms with Crippen molar-refractivity contribution >= 4 is 0 Å². The first-order valence-electron chi connectivity index (χ1n) is 8.87. The summed E-state index contributed by atoms with van der Waals surface area (Å²) in [7, 11) is 2.03. The van der Waals surface area contributed by atoms with Crippen molar-refractivity contribution in [2.45, 2.75) is 62.4 Å². The monoisotopic (exact) mass is 312 g/mol. The molecular formula is C17H24N6. The lowest BCUT2D eigenvalue weighted by Crippen LogP contribution is -2.43. The Morgan fingerprint density at radius 1 is 1.30 bits per heavy atom. The molecule has 0 aliphatic heterocycles. The number of fused-ring (bicyclic) bond motifs is 2. The molecule has 3 unspecified atom stereocenters. The van der Waals surface area contributed by atoms with Gasteiger partial charge in [0.05, 0.1) is 24.1 Å². The highest BCUT2D eigenvalue weighted by atomic mass is 15.4. The smallest absolute Gasteiger partial charge is 0.116 e. The van der Waals surface area contributed by atoms with Crippen LogP contribution in [-0.2, 0) is 7.05 Å². The van der Waals surface area contributed by atoms with Gasteiger partial charge >= 0.3 is 0 Å². The van der Waals surface area contributed by atoms with Gasteiger partial charge in [0.1, 0.15) is 5.69 Å². The molecule has 0 spiro atoms. The first kappa shape index (κ1) is 13.7. The van der Waals surface area contributed by atoms with Gasteiger partial charge in [0, 0.05) is 24.1 Å². The Morgan fingerprint density at radius 3 is 2.83 bits per heavy atom. The Labute approximate surface area is 136 Å². The van der Waals surface area contributed by atoms with Crippen LogP contribution in [-0.4, -0.2) is 30.3 Å². The van der Waals surface area contributed by atoms with E-state index in [1.54, 1.807) is 0 Å². The number of aromatic nitrogens is 5. The van der Waals surface area contributed by atoms with E-state index in [0.29, 0.717) is 12.0 Å². The molecule has 3 aliphatic carbocycles. The van der Waals surface area contributed by atoms with Crippen molar-refractivity contribution in [1.29, 1.82) is 0 Å². The van der Waals surface area contributed by atoms with Crippen molar-refractivity contribution in [3.63, 3.8) is 0 Å². The molecule has 2 aromatic heterocycles. The van der Waals surface area contributed by atoms with Crippen molar-refractivity contribution in [2.24, 2.45) is 18.7 Å². The van der Waals surface area contributed by atoms with E-state index in [1.807, 2.05) is 22.6 Å². The second-order valence-corrected chi connectivity index (χ2v) is 7.87. The van der Waals surface area contributed by atoms with Crippen LogP contribution in [0.4, 0.5) is 0 Å². The molecule has 23 heavy (non-hydrogen) atoms. The Hall–Kier alpha value is -1.69. The summed E-state index contributed by atoms with van der Waals surface area (Å²) in [6.07, 6.45) is 12.6. The van der Waals surface area contributed by atoms with Crippen molar-refractivity contribution in [3.8, 4) is 11.3 Å². The summed E-state index contributed by atoms with van der Waals surface area (Å²) in [6, 6.07) is 0.311. The van der Waals surface area contributed by atoms with Gasteiger partial charge in [-0.3, -0.25) is 4.68 Å². The van der Waals surface area contributed by atoms with E-state index in [1.165, 1.54) is 31.4 Å². The molecular weight excluding hydrogens is 288 g/mol. The van der Waals surface area contributed by atoms with Gasteiger partial charge in [0.15, 0.2) is 0 Å². The average Bonchev–Trinajstić information content (AvgIpc) is 3.20. The first-order chi connectivity index (χ1) is 11.1. The van der Waals surface area contributed by atoms with Crippen LogP contribution in [0, 0.1) is 5.92 Å². The number of rotatable bonds is 3. The molecule has 3 aliphatic rings. The zero-order chi connectivity index (χ0) is 15.6. The molecule has 3 fully saturated rings. The highest BCUT2D eigenvalue weighted by Gasteiger charge is 2.50. The second kappa shape index (κ2) is 4.66. The van der Waals surface area contributed by atoms with Gasteiger partial charge in [0.2, 0.25) is 0 Å². The minimum Gasteiger partial charge on any atom is -0.323 e. The molecule has 3 atom stereocenters. The fraction of sp³-hybridized carbons (Fsp3) is 0.706. The number of hydrogen-bond acceptors (Lipinski definition) is 4. The van der Waals surface area contributed by atoms with E-state index in [9.17, 15) is 0 Å². The van der Waals surface area contributed by atoms with Gasteiger partial charge < -0.3 is 5.73 Å². The summed E-state index contributed by atoms with van der Waals surface area (Å²) in [5, 5.41) is 13.4. The Bertz CT molecular complexity index is 742. The summed E-state index contributed by atoms with van der Waals surface area (Å²) in [6.45, 7) is 0. The summed E-state index contributed by atoms with van der Waals surface area (Å²) in [5.41, 5.74) is 9.98. The zero-order valence-electron chi connectivity index (χ0n) is 13.6. The maximum Gasteiger partial charge on any atom is 0.116 e. The molecule has 5 rings (SSSR count). The Balaban J connectivity index is 1.49. The zero-order valence-corrected chi connectivity index (χ0v) is 13.6. The predicted octanol–water partition coefficient (Wildman–Crippen LogP) is 2.39. The third-order valence-corrected chi connectivity index (χ3v) is 6.49. The van der Waals surface area contributed by atoms with Crippen LogP contribution < -0.4 is 5.73 Å². The minimum absolute atomic E-state index is 0.0681. The molecule has 2 aromatic rings. The van der Waals surface area contributed by atoms with Crippen molar-refractivity contribution < 1.29 is 0 Å². The van der Waals surface area contributed by atoms with Crippen LogP contribution in [0.15, 0.2) is 12.4 Å². The number of hydrogen-bond donors (Lipinski definition) is 1. The van der Waals surface area contributed by atoms with E-state index in [0.717, 1.165) is 36.4 Å². The van der Waals surface area contributed by atoms with Crippen LogP contribution in [0.25, 0.3) is 11.3 Å². The first-order valence-corrected chi connectivity index (χ1v) is 8.87. The molecule has 122 valence electrons. The van der Waals surface area contributed by atoms with Crippen molar-refractivity contribution in [3.05, 3.63) is 18.1 Å². The third kappa shape index (κ3) is 1.94. The van der Waals surface area contributed by atoms with Crippen LogP contribution in [0.1, 0.15) is 62.6 Å². The van der Waals surface area contributed by atoms with E-state index in [4.69, 9.17) is 5.73 Å². The van der Waals surface area contributed by atoms with Gasteiger partial charge in [0.25, 0.3) is 0 Å². The largest absolute Gasteiger partial charge is 0.323 e. The summed E-state index contributed by atoms with van der Waals surface area (Å²) < 4.78 is 4.05. The van der Waals surface area contributed by atoms with Gasteiger partial charge in [-0.05, 0) is 44.4 Å². The fourth-order valence-corrected chi connectivity index (χ4v) is 5.00. The maximum absolute atomic E-state index is 6.63. The standard InChI is InChI=1S/C17H24N6/c1-22-16(12-3-2-4-12)13(9-19-22)14-10-23(21-20-14)15-7-11-5-6-17(15,18)8-11/h9-12,15H,2-8,18H2,1H3. The minimum atomic E-state index is -0.0681. The molecule has 0 saturated heterocycles. The van der Waals surface area contributed by atoms with E-state index >= 15 is 0 Å². The lowest BCUT2D eigenvalue weighted by molar-refractivity contribution is 0.260. The average molecular weight is 312 g/mol. The number of nitrogens with two attached hydrogens (primary N) is 1. The van der Waals surface area contributed by atoms with E-state index < -0.39 is 0 Å². The molecule has 2 heterocycles. The highest BCUT2D eigenvalue weighted by molar-refractivity contribution is 5.61. The fourth-order valence-electron chi connectivity index (χ4n) is 5.00. The number of nitrogens with zero attached hydrogens (tertiary/aromatic N) is 5. The molecule has 6 nitrogen and oxygen atoms in total. The SMILES string of the molecule is Cn1ncc(-c2cn(C3CC4CCC3(N)C4)nn2)c1C1CCC1. The molecule has 2 bridgehead atoms. The third-order valence-electron chi connectivity index (χ3n) is 6.49. The van der Waals surface area contributed by atoms with E-state index in [-0.39, 0.29) is 5.54 Å². The van der Waals surface area contributed by atoms with Crippen molar-refractivity contribution in [1.82, 2.24) is 24.8 Å². The predicted molar refractivity (Wildman–Crippen MR) is 86.7 cm³/mol. The lowest BCUT2D eigenvalue weighted by Gasteiger charge is -2.30. The molecule has 0 radical (unpaired) electrons. The molecule has 0 amide bonds. The van der Waals surface area contributed by atoms with Crippen LogP contribution in [0.5, 0.6) is 0 Å². The molecule has 6 heteroatoms. The van der Waals surface area contributed by atoms with Gasteiger partial charge in [-0.1, -0.05) is 11.6 Å². The lowest BCUT2D eigenvalue weighted by atomic mass is 9.81. The summed E-state index contributed by atoms with van der Waals surface area (Å²) in [4.78, 5) is 0. The van der Waals surface area contributed by atoms with Gasteiger partial charge in [-0.15, -0.1) is 5.10 Å². The van der Waals surface area contributed by atoms with Crippen LogP contribution in [0.3, 0.4) is 0 Å². The van der Waals surface area contributed by atoms with Crippen molar-refractivity contribution in [2.75, 3.05) is 0 Å². The Kier molecular flexibility index (Phi) is 2.78. The normalized spacial score (nSPS) is 33.3. The number of aryl methyl sites for hydroxylation is 1. The summed E-state index contributed by atoms with van der Waals surface area (Å²) in [5.74, 6) is 1.41. The molecule has 2 N–H and O–H groups in total. The second-order valence-electron chi connectivity index (χ2n) is 7.87. The van der Waals surface area contributed by atoms with Gasteiger partial charge in [-0.2, -0.15) is 5.10 Å². The molecule has 0 aromatic carbocycles. The summed E-state index contributed by atoms with van der Waals surface area (Å²) >= 11 is 0.